The number of rotatable bonds is 2. The predicted octanol–water partition coefficient (Wildman–Crippen LogP) is 3.65. The third kappa shape index (κ3) is 3.18. The number of hydrogen-bond acceptors (Lipinski definition) is 2. The van der Waals surface area contributed by atoms with Crippen molar-refractivity contribution in [1.29, 1.82) is 0 Å². The fraction of sp³-hybridized carbons (Fsp3) is 0.231. The highest BCUT2D eigenvalue weighted by molar-refractivity contribution is 6.34. The molecule has 2 aromatic rings. The number of aryl methyl sites for hydroxylation is 2. The summed E-state index contributed by atoms with van der Waals surface area (Å²) in [6.45, 7) is 1.86. The van der Waals surface area contributed by atoms with E-state index in [1.54, 1.807) is 24.3 Å². The van der Waals surface area contributed by atoms with Crippen LogP contribution in [-0.2, 0) is 13.2 Å². The minimum atomic E-state index is -4.68. The van der Waals surface area contributed by atoms with E-state index in [0.717, 1.165) is 10.2 Å². The summed E-state index contributed by atoms with van der Waals surface area (Å²) in [5, 5.41) is 4.99. The summed E-state index contributed by atoms with van der Waals surface area (Å²) in [6, 6.07) is 6.58. The molecule has 112 valence electrons. The molecule has 0 spiro atoms. The zero-order valence-electron chi connectivity index (χ0n) is 11.1. The number of aromatic nitrogens is 2. The van der Waals surface area contributed by atoms with Crippen LogP contribution in [0.5, 0.6) is 0 Å². The molecule has 21 heavy (non-hydrogen) atoms. The van der Waals surface area contributed by atoms with Crippen LogP contribution in [0.3, 0.4) is 0 Å². The molecule has 0 atom stereocenters. The van der Waals surface area contributed by atoms with E-state index in [1.807, 2.05) is 6.92 Å². The Hall–Kier alpha value is -2.02. The van der Waals surface area contributed by atoms with E-state index in [1.165, 1.54) is 7.05 Å². The summed E-state index contributed by atoms with van der Waals surface area (Å²) >= 11 is 5.65. The van der Waals surface area contributed by atoms with Crippen LogP contribution in [0.15, 0.2) is 24.3 Å². The fourth-order valence-corrected chi connectivity index (χ4v) is 2.01. The van der Waals surface area contributed by atoms with Gasteiger partial charge in [0, 0.05) is 12.6 Å². The van der Waals surface area contributed by atoms with Gasteiger partial charge in [0.25, 0.3) is 5.91 Å². The molecule has 1 heterocycles. The summed E-state index contributed by atoms with van der Waals surface area (Å²) in [4.78, 5) is 12.0. The topological polar surface area (TPSA) is 46.9 Å². The Morgan fingerprint density at radius 1 is 1.29 bits per heavy atom. The first kappa shape index (κ1) is 15.4. The molecule has 4 nitrogen and oxygen atoms in total. The summed E-state index contributed by atoms with van der Waals surface area (Å²) in [5.41, 5.74) is 0.0433. The van der Waals surface area contributed by atoms with E-state index in [9.17, 15) is 18.0 Å². The van der Waals surface area contributed by atoms with Gasteiger partial charge in [0.15, 0.2) is 11.5 Å². The maximum Gasteiger partial charge on any atom is 0.436 e. The summed E-state index contributed by atoms with van der Waals surface area (Å²) in [7, 11) is 1.27. The molecule has 1 aromatic heterocycles. The third-order valence-electron chi connectivity index (χ3n) is 2.80. The van der Waals surface area contributed by atoms with Gasteiger partial charge in [0.2, 0.25) is 0 Å². The zero-order chi connectivity index (χ0) is 15.8. The second-order valence-electron chi connectivity index (χ2n) is 4.45. The quantitative estimate of drug-likeness (QED) is 0.919. The molecular weight excluding hydrogens is 307 g/mol. The van der Waals surface area contributed by atoms with E-state index in [4.69, 9.17) is 11.6 Å². The van der Waals surface area contributed by atoms with Gasteiger partial charge in [0.1, 0.15) is 5.02 Å². The van der Waals surface area contributed by atoms with Crippen LogP contribution in [0.25, 0.3) is 0 Å². The standard InChI is InChI=1S/C13H11ClF3N3O/c1-7-3-5-8(6-4-7)12(21)18-11-9(14)10(13(15,16)17)19-20(11)2/h3-6H,1-2H3,(H,18,21). The number of carbonyl (C=O) groups is 1. The molecule has 0 saturated heterocycles. The number of benzene rings is 1. The molecule has 0 bridgehead atoms. The second-order valence-corrected chi connectivity index (χ2v) is 4.83. The molecule has 0 fully saturated rings. The van der Waals surface area contributed by atoms with Gasteiger partial charge in [-0.25, -0.2) is 0 Å². The first-order valence-corrected chi connectivity index (χ1v) is 6.25. The van der Waals surface area contributed by atoms with Crippen molar-refractivity contribution >= 4 is 23.3 Å². The zero-order valence-corrected chi connectivity index (χ0v) is 11.9. The van der Waals surface area contributed by atoms with Crippen LogP contribution < -0.4 is 5.32 Å². The summed E-state index contributed by atoms with van der Waals surface area (Å²) in [5.74, 6) is -0.761. The lowest BCUT2D eigenvalue weighted by Gasteiger charge is -2.06. The predicted molar refractivity (Wildman–Crippen MR) is 72.4 cm³/mol. The van der Waals surface area contributed by atoms with Crippen molar-refractivity contribution in [3.63, 3.8) is 0 Å². The van der Waals surface area contributed by atoms with Crippen molar-refractivity contribution in [3.8, 4) is 0 Å². The Balaban J connectivity index is 2.30. The Kier molecular flexibility index (Phi) is 3.95. The highest BCUT2D eigenvalue weighted by atomic mass is 35.5. The minimum Gasteiger partial charge on any atom is -0.306 e. The number of amides is 1. The van der Waals surface area contributed by atoms with Gasteiger partial charge in [0.05, 0.1) is 0 Å². The van der Waals surface area contributed by atoms with Gasteiger partial charge in [-0.3, -0.25) is 9.48 Å². The number of alkyl halides is 3. The largest absolute Gasteiger partial charge is 0.436 e. The van der Waals surface area contributed by atoms with Crippen molar-refractivity contribution in [2.75, 3.05) is 5.32 Å². The van der Waals surface area contributed by atoms with Crippen molar-refractivity contribution in [3.05, 3.63) is 46.1 Å². The molecule has 0 aliphatic heterocycles. The van der Waals surface area contributed by atoms with Crippen LogP contribution in [0.2, 0.25) is 5.02 Å². The highest BCUT2D eigenvalue weighted by Crippen LogP contribution is 2.37. The smallest absolute Gasteiger partial charge is 0.306 e. The first-order valence-electron chi connectivity index (χ1n) is 5.88. The maximum absolute atomic E-state index is 12.7. The number of hydrogen-bond donors (Lipinski definition) is 1. The van der Waals surface area contributed by atoms with Crippen molar-refractivity contribution in [2.24, 2.45) is 7.05 Å². The van der Waals surface area contributed by atoms with Crippen LogP contribution in [0, 0.1) is 6.92 Å². The van der Waals surface area contributed by atoms with Gasteiger partial charge < -0.3 is 5.32 Å². The molecule has 0 radical (unpaired) electrons. The number of halogens is 4. The van der Waals surface area contributed by atoms with Crippen LogP contribution in [-0.4, -0.2) is 15.7 Å². The Morgan fingerprint density at radius 3 is 2.33 bits per heavy atom. The lowest BCUT2D eigenvalue weighted by molar-refractivity contribution is -0.141. The van der Waals surface area contributed by atoms with Gasteiger partial charge in [-0.05, 0) is 19.1 Å². The Bertz CT molecular complexity index is 677. The van der Waals surface area contributed by atoms with Crippen LogP contribution in [0.4, 0.5) is 19.0 Å². The average Bonchev–Trinajstić information content (AvgIpc) is 2.67. The van der Waals surface area contributed by atoms with E-state index < -0.39 is 22.8 Å². The monoisotopic (exact) mass is 317 g/mol. The van der Waals surface area contributed by atoms with E-state index in [0.29, 0.717) is 5.56 Å². The van der Waals surface area contributed by atoms with Crippen molar-refractivity contribution < 1.29 is 18.0 Å². The fourth-order valence-electron chi connectivity index (χ4n) is 1.70. The van der Waals surface area contributed by atoms with E-state index in [2.05, 4.69) is 10.4 Å². The number of anilines is 1. The molecule has 1 aromatic carbocycles. The minimum absolute atomic E-state index is 0.199. The molecule has 0 saturated carbocycles. The van der Waals surface area contributed by atoms with Crippen molar-refractivity contribution in [2.45, 2.75) is 13.1 Å². The molecule has 8 heteroatoms. The van der Waals surface area contributed by atoms with Gasteiger partial charge in [-0.1, -0.05) is 29.3 Å². The van der Waals surface area contributed by atoms with E-state index in [-0.39, 0.29) is 5.82 Å². The molecule has 0 aliphatic rings. The lowest BCUT2D eigenvalue weighted by atomic mass is 10.1. The first-order chi connectivity index (χ1) is 9.70. The lowest BCUT2D eigenvalue weighted by Crippen LogP contribution is -2.14. The Labute approximate surface area is 123 Å². The van der Waals surface area contributed by atoms with Crippen molar-refractivity contribution in [1.82, 2.24) is 9.78 Å². The summed E-state index contributed by atoms with van der Waals surface area (Å²) < 4.78 is 38.9. The highest BCUT2D eigenvalue weighted by Gasteiger charge is 2.38. The van der Waals surface area contributed by atoms with Crippen LogP contribution >= 0.6 is 11.6 Å². The van der Waals surface area contributed by atoms with Gasteiger partial charge in [-0.2, -0.15) is 18.3 Å². The number of nitrogens with zero attached hydrogens (tertiary/aromatic N) is 2. The SMILES string of the molecule is Cc1ccc(C(=O)Nc2c(Cl)c(C(F)(F)F)nn2C)cc1. The Morgan fingerprint density at radius 2 is 1.86 bits per heavy atom. The second kappa shape index (κ2) is 5.40. The van der Waals surface area contributed by atoms with Gasteiger partial charge >= 0.3 is 6.18 Å². The molecule has 1 N–H and O–H groups in total. The number of nitrogens with one attached hydrogen (secondary N) is 1. The molecule has 0 aliphatic carbocycles. The summed E-state index contributed by atoms with van der Waals surface area (Å²) in [6.07, 6.45) is -4.68. The molecule has 0 unspecified atom stereocenters. The normalized spacial score (nSPS) is 11.5. The van der Waals surface area contributed by atoms with Gasteiger partial charge in [-0.15, -0.1) is 0 Å². The number of carbonyl (C=O) groups excluding carboxylic acids is 1. The average molecular weight is 318 g/mol. The van der Waals surface area contributed by atoms with Crippen LogP contribution in [0.1, 0.15) is 21.6 Å². The molecule has 2 rings (SSSR count). The third-order valence-corrected chi connectivity index (χ3v) is 3.16. The van der Waals surface area contributed by atoms with E-state index >= 15 is 0 Å². The molecule has 1 amide bonds. The maximum atomic E-state index is 12.7. The molecular formula is C13H11ClF3N3O.